The van der Waals surface area contributed by atoms with Crippen molar-refractivity contribution in [1.82, 2.24) is 24.7 Å². The van der Waals surface area contributed by atoms with Crippen molar-refractivity contribution in [2.24, 2.45) is 0 Å². The molecule has 0 saturated carbocycles. The van der Waals surface area contributed by atoms with Gasteiger partial charge in [-0.25, -0.2) is 9.97 Å². The number of aliphatic hydroxyl groups is 1. The Kier molecular flexibility index (Phi) is 15.2. The molecule has 2 aromatic carbocycles. The molecule has 56 heavy (non-hydrogen) atoms. The second-order valence-corrected chi connectivity index (χ2v) is 16.6. The molecule has 9 heteroatoms. The van der Waals surface area contributed by atoms with E-state index in [2.05, 4.69) is 82.1 Å². The summed E-state index contributed by atoms with van der Waals surface area (Å²) in [4.78, 5) is 16.8. The molecule has 4 heterocycles. The molecule has 0 bridgehead atoms. The highest BCUT2D eigenvalue weighted by atomic mass is 16.3. The van der Waals surface area contributed by atoms with Gasteiger partial charge in [-0.3, -0.25) is 9.80 Å². The monoisotopic (exact) mass is 762 g/mol. The minimum Gasteiger partial charge on any atom is -0.508 e. The molecule has 302 valence electrons. The fourth-order valence-corrected chi connectivity index (χ4v) is 8.44. The molecular weight excluding hydrogens is 695 g/mol. The molecule has 2 aliphatic rings. The van der Waals surface area contributed by atoms with Gasteiger partial charge >= 0.3 is 0 Å². The largest absolute Gasteiger partial charge is 0.508 e. The molecule has 6 rings (SSSR count). The number of rotatable bonds is 19. The van der Waals surface area contributed by atoms with Crippen LogP contribution in [0.2, 0.25) is 0 Å². The first-order chi connectivity index (χ1) is 27.1. The van der Waals surface area contributed by atoms with E-state index in [9.17, 15) is 10.2 Å². The van der Waals surface area contributed by atoms with Crippen molar-refractivity contribution >= 4 is 11.6 Å². The average Bonchev–Trinajstić information content (AvgIpc) is 3.59. The van der Waals surface area contributed by atoms with Gasteiger partial charge < -0.3 is 26.6 Å². The molecule has 0 amide bonds. The predicted molar refractivity (Wildman–Crippen MR) is 230 cm³/mol. The number of aliphatic hydroxyl groups excluding tert-OH is 1. The molecule has 2 aliphatic heterocycles. The van der Waals surface area contributed by atoms with Crippen LogP contribution < -0.4 is 11.5 Å². The number of aromatic nitrogens is 2. The molecular formula is C47H67N7O2. The predicted octanol–water partition coefficient (Wildman–Crippen LogP) is 7.37. The first-order valence-corrected chi connectivity index (χ1v) is 21.4. The Balaban J connectivity index is 0.877. The third-order valence-electron chi connectivity index (χ3n) is 12.1. The lowest BCUT2D eigenvalue weighted by atomic mass is 9.98. The van der Waals surface area contributed by atoms with Crippen LogP contribution in [0.1, 0.15) is 114 Å². The van der Waals surface area contributed by atoms with Gasteiger partial charge in [0.2, 0.25) is 0 Å². The highest BCUT2D eigenvalue weighted by molar-refractivity contribution is 5.47. The lowest BCUT2D eigenvalue weighted by molar-refractivity contribution is 0.125. The van der Waals surface area contributed by atoms with Gasteiger partial charge in [-0.15, -0.1) is 0 Å². The van der Waals surface area contributed by atoms with Crippen molar-refractivity contribution in [3.8, 4) is 5.75 Å². The summed E-state index contributed by atoms with van der Waals surface area (Å²) >= 11 is 0. The Hall–Kier alpha value is -4.02. The van der Waals surface area contributed by atoms with Crippen molar-refractivity contribution < 1.29 is 10.2 Å². The number of hydrogen-bond acceptors (Lipinski definition) is 9. The molecule has 4 aromatic rings. The molecule has 6 N–H and O–H groups in total. The van der Waals surface area contributed by atoms with E-state index in [1.54, 1.807) is 0 Å². The maximum atomic E-state index is 11.0. The minimum absolute atomic E-state index is 0.179. The van der Waals surface area contributed by atoms with E-state index < -0.39 is 0 Å². The Labute approximate surface area is 336 Å². The summed E-state index contributed by atoms with van der Waals surface area (Å²) in [5.41, 5.74) is 24.0. The lowest BCUT2D eigenvalue weighted by Gasteiger charge is -2.34. The van der Waals surface area contributed by atoms with Crippen molar-refractivity contribution in [3.05, 3.63) is 110 Å². The Bertz CT molecular complexity index is 1850. The second-order valence-electron chi connectivity index (χ2n) is 16.6. The number of phenols is 1. The van der Waals surface area contributed by atoms with Gasteiger partial charge in [0.1, 0.15) is 17.4 Å². The first-order valence-electron chi connectivity index (χ1n) is 21.4. The Morgan fingerprint density at radius 2 is 1.18 bits per heavy atom. The third kappa shape index (κ3) is 12.0. The minimum atomic E-state index is -0.179. The summed E-state index contributed by atoms with van der Waals surface area (Å²) in [6, 6.07) is 19.6. The van der Waals surface area contributed by atoms with Crippen LogP contribution in [-0.2, 0) is 38.8 Å². The molecule has 2 aromatic heterocycles. The van der Waals surface area contributed by atoms with Crippen LogP contribution in [0.4, 0.5) is 11.6 Å². The number of aryl methyl sites for hydroxylation is 4. The number of anilines is 2. The van der Waals surface area contributed by atoms with Crippen LogP contribution in [0, 0.1) is 13.8 Å². The normalized spacial score (nSPS) is 16.9. The number of β-amino-alcohol motifs (C(OH)–C–C–N with tert-alkyl or cyclic N) is 1. The van der Waals surface area contributed by atoms with E-state index in [1.165, 1.54) is 54.4 Å². The summed E-state index contributed by atoms with van der Waals surface area (Å²) in [6.45, 7) is 15.2. The number of piperazine rings is 1. The fraction of sp³-hybridized carbons (Fsp3) is 0.532. The molecule has 0 radical (unpaired) electrons. The molecule has 9 nitrogen and oxygen atoms in total. The Morgan fingerprint density at radius 3 is 1.80 bits per heavy atom. The van der Waals surface area contributed by atoms with Gasteiger partial charge in [-0.1, -0.05) is 81.1 Å². The molecule has 2 fully saturated rings. The van der Waals surface area contributed by atoms with E-state index >= 15 is 0 Å². The van der Waals surface area contributed by atoms with E-state index in [-0.39, 0.29) is 6.10 Å². The summed E-state index contributed by atoms with van der Waals surface area (Å²) in [5, 5.41) is 20.8. The number of pyridine rings is 2. The summed E-state index contributed by atoms with van der Waals surface area (Å²) in [6.07, 6.45) is 12.4. The topological polar surface area (TPSA) is 128 Å². The maximum Gasteiger partial charge on any atom is 0.126 e. The lowest BCUT2D eigenvalue weighted by Crippen LogP contribution is -2.46. The highest BCUT2D eigenvalue weighted by Gasteiger charge is 2.20. The Morgan fingerprint density at radius 1 is 0.607 bits per heavy atom. The van der Waals surface area contributed by atoms with Gasteiger partial charge in [-0.2, -0.15) is 0 Å². The van der Waals surface area contributed by atoms with Crippen molar-refractivity contribution in [3.63, 3.8) is 0 Å². The zero-order chi connectivity index (χ0) is 39.4. The number of unbranched alkanes of at least 4 members (excludes halogenated alkanes) is 5. The van der Waals surface area contributed by atoms with Crippen molar-refractivity contribution in [2.45, 2.75) is 117 Å². The average molecular weight is 762 g/mol. The SMILES string of the molecule is CCCCCc1cc(Cc2ccc(CN3CCN(CCCCCCc4cc(Cc5ccc(CN6CC[C@H](O)C6)cc5)c(C)nc4N)CC3)cc2O)c(C)nc1N. The number of nitrogens with two attached hydrogens (primary N) is 2. The van der Waals surface area contributed by atoms with E-state index in [0.717, 1.165) is 131 Å². The fourth-order valence-electron chi connectivity index (χ4n) is 8.44. The number of likely N-dealkylation sites (tertiary alicyclic amines) is 1. The van der Waals surface area contributed by atoms with Crippen molar-refractivity contribution in [2.75, 3.05) is 57.3 Å². The van der Waals surface area contributed by atoms with Gasteiger partial charge in [0.15, 0.2) is 0 Å². The summed E-state index contributed by atoms with van der Waals surface area (Å²) in [5.74, 6) is 1.68. The molecule has 0 aliphatic carbocycles. The zero-order valence-electron chi connectivity index (χ0n) is 34.4. The smallest absolute Gasteiger partial charge is 0.126 e. The number of aromatic hydroxyl groups is 1. The van der Waals surface area contributed by atoms with Crippen LogP contribution in [0.25, 0.3) is 0 Å². The van der Waals surface area contributed by atoms with Crippen LogP contribution >= 0.6 is 0 Å². The highest BCUT2D eigenvalue weighted by Crippen LogP contribution is 2.27. The first kappa shape index (κ1) is 41.6. The van der Waals surface area contributed by atoms with Gasteiger partial charge in [-0.05, 0) is 116 Å². The standard InChI is InChI=1S/C47H67N7O2/c1-4-5-8-11-40-30-43(35(3)51-46(40)48)28-39-18-17-38(27-45(39)56)32-53-24-22-52(23-25-53)20-10-7-6-9-12-41-29-42(34(2)50-47(41)49)26-36-13-15-37(16-14-36)31-54-21-19-44(55)33-54/h13-18,27,29-30,44,55-56H,4-12,19-26,28,31-33H2,1-3H3,(H2,48,51)(H2,49,50)/t44-/m0/s1. The summed E-state index contributed by atoms with van der Waals surface area (Å²) < 4.78 is 0. The molecule has 0 unspecified atom stereocenters. The summed E-state index contributed by atoms with van der Waals surface area (Å²) in [7, 11) is 0. The molecule has 1 atom stereocenters. The zero-order valence-corrected chi connectivity index (χ0v) is 34.4. The number of nitrogen functional groups attached to an aromatic ring is 2. The van der Waals surface area contributed by atoms with Crippen LogP contribution in [0.15, 0.2) is 54.6 Å². The molecule has 0 spiro atoms. The third-order valence-corrected chi connectivity index (χ3v) is 12.1. The number of nitrogens with zero attached hydrogens (tertiary/aromatic N) is 5. The maximum absolute atomic E-state index is 11.0. The number of benzene rings is 2. The quantitative estimate of drug-likeness (QED) is 0.0725. The molecule has 2 saturated heterocycles. The van der Waals surface area contributed by atoms with E-state index in [0.29, 0.717) is 23.8 Å². The van der Waals surface area contributed by atoms with Crippen LogP contribution in [-0.4, -0.2) is 86.8 Å². The van der Waals surface area contributed by atoms with Gasteiger partial charge in [0.05, 0.1) is 6.10 Å². The van der Waals surface area contributed by atoms with Crippen molar-refractivity contribution in [1.29, 1.82) is 0 Å². The van der Waals surface area contributed by atoms with Crippen LogP contribution in [0.5, 0.6) is 5.75 Å². The number of phenolic OH excluding ortho intramolecular Hbond substituents is 1. The van der Waals surface area contributed by atoms with Gasteiger partial charge in [0, 0.05) is 70.2 Å². The second kappa shape index (κ2) is 20.4. The van der Waals surface area contributed by atoms with Crippen LogP contribution in [0.3, 0.4) is 0 Å². The number of hydrogen-bond donors (Lipinski definition) is 4. The van der Waals surface area contributed by atoms with E-state index in [4.69, 9.17) is 16.5 Å². The van der Waals surface area contributed by atoms with Gasteiger partial charge in [0.25, 0.3) is 0 Å². The van der Waals surface area contributed by atoms with E-state index in [1.807, 2.05) is 13.0 Å².